The van der Waals surface area contributed by atoms with Crippen molar-refractivity contribution < 1.29 is 23.7 Å². The largest absolute Gasteiger partial charge is 0.491 e. The predicted octanol–water partition coefficient (Wildman–Crippen LogP) is 6.12. The molecule has 0 radical (unpaired) electrons. The van der Waals surface area contributed by atoms with Crippen LogP contribution in [-0.4, -0.2) is 58.6 Å². The van der Waals surface area contributed by atoms with Crippen LogP contribution in [0.1, 0.15) is 33.6 Å². The Hall–Kier alpha value is -4.24. The summed E-state index contributed by atoms with van der Waals surface area (Å²) in [5.74, 6) is 1.99. The van der Waals surface area contributed by atoms with E-state index in [2.05, 4.69) is 4.98 Å². The molecule has 1 N–H and O–H groups in total. The number of pyridine rings is 1. The van der Waals surface area contributed by atoms with Crippen LogP contribution in [0.25, 0.3) is 22.0 Å². The third kappa shape index (κ3) is 6.92. The number of ether oxygens (including phenoxy) is 4. The van der Waals surface area contributed by atoms with Gasteiger partial charge in [0.1, 0.15) is 35.0 Å². The fourth-order valence-corrected chi connectivity index (χ4v) is 4.92. The van der Waals surface area contributed by atoms with Crippen molar-refractivity contribution in [3.8, 4) is 28.4 Å². The molecule has 9 nitrogen and oxygen atoms in total. The molecule has 2 aromatic heterocycles. The molecule has 2 aromatic carbocycles. The molecule has 0 atom stereocenters. The van der Waals surface area contributed by atoms with Gasteiger partial charge in [-0.05, 0) is 57.9 Å². The molecule has 0 aliphatic carbocycles. The molecule has 0 spiro atoms. The fourth-order valence-electron chi connectivity index (χ4n) is 4.92. The number of amides is 1. The lowest BCUT2D eigenvalue weighted by Gasteiger charge is -2.33. The number of hydrogen-bond donors (Lipinski definition) is 1. The van der Waals surface area contributed by atoms with Crippen LogP contribution in [0.15, 0.2) is 71.8 Å². The van der Waals surface area contributed by atoms with E-state index >= 15 is 0 Å². The van der Waals surface area contributed by atoms with Gasteiger partial charge in [0.25, 0.3) is 5.56 Å². The number of likely N-dealkylation sites (tertiary alicyclic amines) is 1. The van der Waals surface area contributed by atoms with Crippen LogP contribution in [0.2, 0.25) is 0 Å². The number of para-hydroxylation sites is 1. The number of aromatic nitrogens is 2. The maximum Gasteiger partial charge on any atom is 0.410 e. The number of piperidine rings is 1. The van der Waals surface area contributed by atoms with Gasteiger partial charge in [-0.3, -0.25) is 4.79 Å². The van der Waals surface area contributed by atoms with Crippen LogP contribution in [0.4, 0.5) is 4.79 Å². The van der Waals surface area contributed by atoms with Crippen molar-refractivity contribution >= 4 is 17.0 Å². The van der Waals surface area contributed by atoms with Gasteiger partial charge in [-0.2, -0.15) is 0 Å². The van der Waals surface area contributed by atoms with E-state index in [4.69, 9.17) is 18.9 Å². The van der Waals surface area contributed by atoms with E-state index in [1.807, 2.05) is 81.6 Å². The number of benzene rings is 2. The molecule has 1 aliphatic heterocycles. The van der Waals surface area contributed by atoms with E-state index in [1.54, 1.807) is 22.7 Å². The third-order valence-corrected chi connectivity index (χ3v) is 6.90. The summed E-state index contributed by atoms with van der Waals surface area (Å²) in [7, 11) is 1.74. The Morgan fingerprint density at radius 2 is 1.73 bits per heavy atom. The van der Waals surface area contributed by atoms with E-state index in [1.165, 1.54) is 0 Å². The number of nitrogens with one attached hydrogen (secondary N) is 1. The van der Waals surface area contributed by atoms with Crippen LogP contribution in [-0.2, 0) is 16.5 Å². The number of aromatic amines is 1. The van der Waals surface area contributed by atoms with E-state index in [0.29, 0.717) is 49.1 Å². The molecule has 1 saturated heterocycles. The van der Waals surface area contributed by atoms with Crippen molar-refractivity contribution in [1.82, 2.24) is 14.5 Å². The molecule has 0 saturated carbocycles. The highest BCUT2D eigenvalue weighted by molar-refractivity contribution is 5.95. The van der Waals surface area contributed by atoms with Gasteiger partial charge < -0.3 is 33.4 Å². The minimum absolute atomic E-state index is 0.0766. The van der Waals surface area contributed by atoms with Gasteiger partial charge in [-0.25, -0.2) is 4.79 Å². The average Bonchev–Trinajstić information content (AvgIpc) is 3.44. The van der Waals surface area contributed by atoms with Crippen LogP contribution in [0.5, 0.6) is 17.2 Å². The van der Waals surface area contributed by atoms with Crippen LogP contribution in [0, 0.1) is 0 Å². The molecule has 5 rings (SSSR count). The second-order valence-corrected chi connectivity index (χ2v) is 11.2. The van der Waals surface area contributed by atoms with Gasteiger partial charge in [0.15, 0.2) is 0 Å². The molecule has 1 fully saturated rings. The van der Waals surface area contributed by atoms with Crippen LogP contribution >= 0.6 is 0 Å². The number of carbonyl (C=O) groups is 1. The van der Waals surface area contributed by atoms with E-state index in [0.717, 1.165) is 29.4 Å². The first kappa shape index (κ1) is 28.3. The first-order valence-corrected chi connectivity index (χ1v) is 13.9. The Labute approximate surface area is 239 Å². The highest BCUT2D eigenvalue weighted by Gasteiger charge is 2.27. The van der Waals surface area contributed by atoms with Gasteiger partial charge >= 0.3 is 6.09 Å². The van der Waals surface area contributed by atoms with Crippen molar-refractivity contribution in [3.63, 3.8) is 0 Å². The first-order chi connectivity index (χ1) is 19.7. The van der Waals surface area contributed by atoms with Crippen LogP contribution in [0.3, 0.4) is 0 Å². The number of carbonyl (C=O) groups excluding carboxylic acids is 1. The zero-order chi connectivity index (χ0) is 29.0. The van der Waals surface area contributed by atoms with Crippen LogP contribution < -0.4 is 15.0 Å². The number of nitrogens with zero attached hydrogens (tertiary/aromatic N) is 2. The van der Waals surface area contributed by atoms with Gasteiger partial charge in [0.2, 0.25) is 0 Å². The predicted molar refractivity (Wildman–Crippen MR) is 158 cm³/mol. The second kappa shape index (κ2) is 12.1. The quantitative estimate of drug-likeness (QED) is 0.261. The van der Waals surface area contributed by atoms with Crippen molar-refractivity contribution in [2.24, 2.45) is 7.05 Å². The van der Waals surface area contributed by atoms with E-state index in [9.17, 15) is 9.59 Å². The summed E-state index contributed by atoms with van der Waals surface area (Å²) >= 11 is 0. The molecular formula is C32H37N3O6. The number of H-pyrrole nitrogens is 1. The molecule has 9 heteroatoms. The smallest absolute Gasteiger partial charge is 0.410 e. The lowest BCUT2D eigenvalue weighted by molar-refractivity contribution is -0.0177. The third-order valence-electron chi connectivity index (χ3n) is 6.90. The first-order valence-electron chi connectivity index (χ1n) is 13.9. The number of fused-ring (bicyclic) bond motifs is 1. The Kier molecular flexibility index (Phi) is 8.35. The fraction of sp³-hybridized carbons (Fsp3) is 0.375. The minimum Gasteiger partial charge on any atom is -0.491 e. The summed E-state index contributed by atoms with van der Waals surface area (Å²) in [5.41, 5.74) is 1.77. The van der Waals surface area contributed by atoms with Crippen molar-refractivity contribution in [2.45, 2.75) is 45.3 Å². The Balaban J connectivity index is 1.16. The number of aryl methyl sites for hydroxylation is 1. The Bertz CT molecular complexity index is 1560. The normalized spacial score (nSPS) is 14.3. The molecule has 1 aliphatic rings. The molecule has 0 unspecified atom stereocenters. The van der Waals surface area contributed by atoms with Gasteiger partial charge in [0.05, 0.1) is 12.7 Å². The maximum atomic E-state index is 12.5. The van der Waals surface area contributed by atoms with Gasteiger partial charge in [0, 0.05) is 55.1 Å². The van der Waals surface area contributed by atoms with Gasteiger partial charge in [-0.15, -0.1) is 0 Å². The maximum absolute atomic E-state index is 12.5. The van der Waals surface area contributed by atoms with Crippen molar-refractivity contribution in [1.29, 1.82) is 0 Å². The molecule has 4 aromatic rings. The van der Waals surface area contributed by atoms with E-state index < -0.39 is 5.60 Å². The molecule has 216 valence electrons. The van der Waals surface area contributed by atoms with Crippen molar-refractivity contribution in [2.75, 3.05) is 26.3 Å². The average molecular weight is 560 g/mol. The molecule has 3 heterocycles. The Morgan fingerprint density at radius 1 is 0.976 bits per heavy atom. The van der Waals surface area contributed by atoms with Gasteiger partial charge in [-0.1, -0.05) is 24.3 Å². The zero-order valence-corrected chi connectivity index (χ0v) is 24.0. The summed E-state index contributed by atoms with van der Waals surface area (Å²) < 4.78 is 25.3. The highest BCUT2D eigenvalue weighted by Crippen LogP contribution is 2.36. The molecular weight excluding hydrogens is 522 g/mol. The summed E-state index contributed by atoms with van der Waals surface area (Å²) in [5, 5.41) is 0.844. The number of rotatable bonds is 8. The highest BCUT2D eigenvalue weighted by atomic mass is 16.6. The summed E-state index contributed by atoms with van der Waals surface area (Å²) in [4.78, 5) is 29.6. The summed E-state index contributed by atoms with van der Waals surface area (Å²) in [6.07, 6.45) is 4.97. The monoisotopic (exact) mass is 559 g/mol. The SMILES string of the molecule is Cn1cc(-c2ccccc2Oc2cccc(OCCOC3CCN(C(=O)OC(C)(C)C)CC3)c2)c2cc[nH]c2c1=O. The minimum atomic E-state index is -0.494. The van der Waals surface area contributed by atoms with Crippen molar-refractivity contribution in [3.05, 3.63) is 77.3 Å². The lowest BCUT2D eigenvalue weighted by atomic mass is 10.0. The summed E-state index contributed by atoms with van der Waals surface area (Å²) in [6, 6.07) is 17.2. The summed E-state index contributed by atoms with van der Waals surface area (Å²) in [6.45, 7) is 7.71. The topological polar surface area (TPSA) is 95.0 Å². The van der Waals surface area contributed by atoms with E-state index in [-0.39, 0.29) is 17.8 Å². The lowest BCUT2D eigenvalue weighted by Crippen LogP contribution is -2.43. The Morgan fingerprint density at radius 3 is 2.51 bits per heavy atom. The second-order valence-electron chi connectivity index (χ2n) is 11.2. The number of hydrogen-bond acceptors (Lipinski definition) is 6. The molecule has 41 heavy (non-hydrogen) atoms. The molecule has 1 amide bonds. The zero-order valence-electron chi connectivity index (χ0n) is 24.0. The molecule has 0 bridgehead atoms. The standard InChI is InChI=1S/C32H37N3O6/c1-32(2,3)41-31(37)35-16-13-22(14-17-35)38-18-19-39-23-8-7-9-24(20-23)40-28-11-6-5-10-25(28)27-21-34(4)30(36)29-26(27)12-15-33-29/h5-12,15,20-22,33H,13-14,16-19H2,1-4H3.